The van der Waals surface area contributed by atoms with E-state index in [9.17, 15) is 19.8 Å². The maximum absolute atomic E-state index is 13.1. The Bertz CT molecular complexity index is 856. The number of ether oxygens (including phenoxy) is 3. The second-order valence-corrected chi connectivity index (χ2v) is 12.1. The van der Waals surface area contributed by atoms with Crippen LogP contribution >= 0.6 is 0 Å². The smallest absolute Gasteiger partial charge is 0.308 e. The molecule has 0 bridgehead atoms. The van der Waals surface area contributed by atoms with E-state index in [-0.39, 0.29) is 48.2 Å². The predicted octanol–water partition coefficient (Wildman–Crippen LogP) is 4.28. The molecule has 2 N–H and O–H groups in total. The highest BCUT2D eigenvalue weighted by molar-refractivity contribution is 5.91. The maximum atomic E-state index is 13.1. The SMILES string of the molecule is CCC1CC(C)C(=O)C=CC(C)=CC(C)C(CC)OC(=O)CC(O)C(C)C1OC1OC(C)CC(N(C)C)C1O. The number of allylic oxidation sites excluding steroid dienone is 3. The molecule has 0 aromatic rings. The van der Waals surface area contributed by atoms with E-state index < -0.39 is 36.5 Å². The van der Waals surface area contributed by atoms with Gasteiger partial charge in [-0.3, -0.25) is 9.59 Å². The molecule has 2 heterocycles. The van der Waals surface area contributed by atoms with Crippen LogP contribution in [0.2, 0.25) is 0 Å². The van der Waals surface area contributed by atoms with Gasteiger partial charge in [-0.15, -0.1) is 0 Å². The van der Waals surface area contributed by atoms with Crippen molar-refractivity contribution in [2.75, 3.05) is 14.1 Å². The van der Waals surface area contributed by atoms with Gasteiger partial charge >= 0.3 is 5.97 Å². The van der Waals surface area contributed by atoms with E-state index in [2.05, 4.69) is 0 Å². The fourth-order valence-electron chi connectivity index (χ4n) is 5.89. The van der Waals surface area contributed by atoms with Crippen molar-refractivity contribution in [2.45, 2.75) is 123 Å². The molecule has 11 atom stereocenters. The van der Waals surface area contributed by atoms with E-state index in [0.717, 1.165) is 5.57 Å². The molecule has 224 valence electrons. The molecule has 2 aliphatic rings. The first kappa shape index (κ1) is 33.6. The van der Waals surface area contributed by atoms with Gasteiger partial charge in [0.1, 0.15) is 12.2 Å². The first-order valence-electron chi connectivity index (χ1n) is 14.7. The molecule has 11 unspecified atom stereocenters. The standard InChI is InChI=1S/C31H53NO7/c1-10-23-15-19(4)25(33)13-12-18(3)14-20(5)27(11-2)38-28(35)17-26(34)22(7)30(23)39-31-29(36)24(32(8)9)16-21(6)37-31/h12-14,19-24,26-27,29-31,34,36H,10-11,15-17H2,1-9H3. The average molecular weight is 552 g/mol. The second-order valence-electron chi connectivity index (χ2n) is 12.1. The highest BCUT2D eigenvalue weighted by atomic mass is 16.7. The fourth-order valence-corrected chi connectivity index (χ4v) is 5.89. The lowest BCUT2D eigenvalue weighted by Crippen LogP contribution is -2.56. The van der Waals surface area contributed by atoms with Gasteiger partial charge in [-0.1, -0.05) is 58.8 Å². The Hall–Kier alpha value is -1.58. The third-order valence-corrected chi connectivity index (χ3v) is 8.51. The highest BCUT2D eigenvalue weighted by Crippen LogP contribution is 2.34. The summed E-state index contributed by atoms with van der Waals surface area (Å²) in [5.74, 6) is -1.32. The van der Waals surface area contributed by atoms with Crippen molar-refractivity contribution in [1.82, 2.24) is 4.90 Å². The summed E-state index contributed by atoms with van der Waals surface area (Å²) in [6.07, 6.45) is 4.02. The van der Waals surface area contributed by atoms with Gasteiger partial charge in [0, 0.05) is 23.8 Å². The number of hydrogen-bond donors (Lipinski definition) is 2. The summed E-state index contributed by atoms with van der Waals surface area (Å²) in [6.45, 7) is 13.6. The Morgan fingerprint density at radius 2 is 1.69 bits per heavy atom. The molecule has 1 saturated heterocycles. The van der Waals surface area contributed by atoms with Crippen LogP contribution in [-0.4, -0.2) is 83.8 Å². The van der Waals surface area contributed by atoms with Crippen LogP contribution in [0.25, 0.3) is 0 Å². The Morgan fingerprint density at radius 3 is 2.28 bits per heavy atom. The Morgan fingerprint density at radius 1 is 1.03 bits per heavy atom. The van der Waals surface area contributed by atoms with E-state index in [0.29, 0.717) is 25.7 Å². The van der Waals surface area contributed by atoms with Crippen molar-refractivity contribution >= 4 is 11.8 Å². The van der Waals surface area contributed by atoms with Crippen LogP contribution in [0.4, 0.5) is 0 Å². The lowest BCUT2D eigenvalue weighted by atomic mass is 9.80. The number of carbonyl (C=O) groups is 2. The van der Waals surface area contributed by atoms with Crippen LogP contribution in [0.15, 0.2) is 23.8 Å². The number of ketones is 1. The van der Waals surface area contributed by atoms with Crippen LogP contribution < -0.4 is 0 Å². The Balaban J connectivity index is 2.43. The minimum atomic E-state index is -1.02. The highest BCUT2D eigenvalue weighted by Gasteiger charge is 2.43. The quantitative estimate of drug-likeness (QED) is 0.488. The van der Waals surface area contributed by atoms with Crippen molar-refractivity contribution in [3.8, 4) is 0 Å². The minimum absolute atomic E-state index is 0.0293. The fraction of sp³-hybridized carbons (Fsp3) is 0.806. The van der Waals surface area contributed by atoms with Gasteiger partial charge in [0.25, 0.3) is 0 Å². The summed E-state index contributed by atoms with van der Waals surface area (Å²) in [5, 5.41) is 22.4. The molecule has 8 nitrogen and oxygen atoms in total. The number of carbonyl (C=O) groups excluding carboxylic acids is 2. The third-order valence-electron chi connectivity index (χ3n) is 8.51. The van der Waals surface area contributed by atoms with Crippen molar-refractivity contribution in [1.29, 1.82) is 0 Å². The van der Waals surface area contributed by atoms with Gasteiger partial charge < -0.3 is 29.3 Å². The summed E-state index contributed by atoms with van der Waals surface area (Å²) in [5.41, 5.74) is 0.930. The summed E-state index contributed by atoms with van der Waals surface area (Å²) in [6, 6.07) is -0.143. The Labute approximate surface area is 235 Å². The van der Waals surface area contributed by atoms with Crippen molar-refractivity contribution in [3.63, 3.8) is 0 Å². The summed E-state index contributed by atoms with van der Waals surface area (Å²) < 4.78 is 18.4. The zero-order chi connectivity index (χ0) is 29.4. The van der Waals surface area contributed by atoms with Gasteiger partial charge in [0.05, 0.1) is 24.7 Å². The van der Waals surface area contributed by atoms with E-state index >= 15 is 0 Å². The molecule has 0 amide bonds. The number of nitrogens with zero attached hydrogens (tertiary/aromatic N) is 1. The normalized spacial score (nSPS) is 39.9. The molecule has 8 heteroatoms. The van der Waals surface area contributed by atoms with Gasteiger partial charge in [-0.05, 0) is 59.2 Å². The largest absolute Gasteiger partial charge is 0.462 e. The maximum Gasteiger partial charge on any atom is 0.308 e. The molecule has 39 heavy (non-hydrogen) atoms. The first-order valence-corrected chi connectivity index (χ1v) is 14.7. The summed E-state index contributed by atoms with van der Waals surface area (Å²) in [7, 11) is 3.84. The predicted molar refractivity (Wildman–Crippen MR) is 152 cm³/mol. The molecule has 0 radical (unpaired) electrons. The number of aliphatic hydroxyl groups excluding tert-OH is 2. The number of hydrogen-bond acceptors (Lipinski definition) is 8. The zero-order valence-corrected chi connectivity index (χ0v) is 25.5. The summed E-state index contributed by atoms with van der Waals surface area (Å²) >= 11 is 0. The first-order chi connectivity index (χ1) is 18.3. The van der Waals surface area contributed by atoms with Gasteiger partial charge in [0.15, 0.2) is 12.1 Å². The number of rotatable bonds is 5. The Kier molecular flexibility index (Phi) is 13.3. The van der Waals surface area contributed by atoms with Crippen molar-refractivity contribution < 1.29 is 34.0 Å². The van der Waals surface area contributed by atoms with Gasteiger partial charge in [-0.25, -0.2) is 0 Å². The van der Waals surface area contributed by atoms with Crippen LogP contribution in [0.1, 0.15) is 80.6 Å². The molecule has 0 aliphatic carbocycles. The molecule has 1 fully saturated rings. The average Bonchev–Trinajstić information content (AvgIpc) is 2.87. The van der Waals surface area contributed by atoms with Gasteiger partial charge in [-0.2, -0.15) is 0 Å². The lowest BCUT2D eigenvalue weighted by molar-refractivity contribution is -0.283. The van der Waals surface area contributed by atoms with Gasteiger partial charge in [0.2, 0.25) is 0 Å². The van der Waals surface area contributed by atoms with E-state index in [4.69, 9.17) is 14.2 Å². The van der Waals surface area contributed by atoms with Crippen molar-refractivity contribution in [3.05, 3.63) is 23.8 Å². The molecule has 0 aromatic heterocycles. The topological polar surface area (TPSA) is 106 Å². The minimum Gasteiger partial charge on any atom is -0.462 e. The van der Waals surface area contributed by atoms with Crippen LogP contribution in [-0.2, 0) is 23.8 Å². The summed E-state index contributed by atoms with van der Waals surface area (Å²) in [4.78, 5) is 28.0. The van der Waals surface area contributed by atoms with E-state index in [1.54, 1.807) is 6.08 Å². The second kappa shape index (κ2) is 15.4. The number of cyclic esters (lactones) is 1. The molecule has 2 rings (SSSR count). The molecular formula is C31H53NO7. The molecule has 0 spiro atoms. The third kappa shape index (κ3) is 9.49. The van der Waals surface area contributed by atoms with Crippen molar-refractivity contribution in [2.24, 2.45) is 23.7 Å². The van der Waals surface area contributed by atoms with Crippen LogP contribution in [0.5, 0.6) is 0 Å². The van der Waals surface area contributed by atoms with E-state index in [1.165, 1.54) is 0 Å². The number of esters is 1. The zero-order valence-electron chi connectivity index (χ0n) is 25.5. The lowest BCUT2D eigenvalue weighted by Gasteiger charge is -2.44. The van der Waals surface area contributed by atoms with Crippen LogP contribution in [0, 0.1) is 23.7 Å². The van der Waals surface area contributed by atoms with E-state index in [1.807, 2.05) is 79.6 Å². The van der Waals surface area contributed by atoms with Crippen LogP contribution in [0.3, 0.4) is 0 Å². The molecule has 2 aliphatic heterocycles. The molecular weight excluding hydrogens is 498 g/mol. The number of likely N-dealkylation sites (N-methyl/N-ethyl adjacent to an activating group) is 1. The molecule has 0 aromatic carbocycles. The number of aliphatic hydroxyl groups is 2. The monoisotopic (exact) mass is 551 g/mol. The molecule has 0 saturated carbocycles.